The summed E-state index contributed by atoms with van der Waals surface area (Å²) in [5, 5.41) is 0.957. The van der Waals surface area contributed by atoms with Crippen molar-refractivity contribution in [3.05, 3.63) is 41.6 Å². The molecule has 0 aliphatic rings. The fourth-order valence-corrected chi connectivity index (χ4v) is 2.62. The summed E-state index contributed by atoms with van der Waals surface area (Å²) in [5.41, 5.74) is 7.70. The lowest BCUT2D eigenvalue weighted by Crippen LogP contribution is -2.22. The van der Waals surface area contributed by atoms with Crippen molar-refractivity contribution in [2.45, 2.75) is 39.5 Å². The Kier molecular flexibility index (Phi) is 5.90. The third-order valence-corrected chi connectivity index (χ3v) is 3.85. The zero-order valence-electron chi connectivity index (χ0n) is 14.4. The minimum atomic E-state index is -0.534. The molecule has 1 unspecified atom stereocenters. The minimum Gasteiger partial charge on any atom is -0.465 e. The number of amides is 1. The van der Waals surface area contributed by atoms with E-state index >= 15 is 0 Å². The van der Waals surface area contributed by atoms with Gasteiger partial charge >= 0.3 is 5.97 Å². The maximum absolute atomic E-state index is 12.5. The smallest absolute Gasteiger partial charge is 0.313 e. The van der Waals surface area contributed by atoms with Gasteiger partial charge in [0.15, 0.2) is 0 Å². The van der Waals surface area contributed by atoms with Gasteiger partial charge in [-0.2, -0.15) is 0 Å². The van der Waals surface area contributed by atoms with Crippen LogP contribution in [0.25, 0.3) is 10.9 Å². The summed E-state index contributed by atoms with van der Waals surface area (Å²) in [7, 11) is 0. The van der Waals surface area contributed by atoms with Crippen molar-refractivity contribution in [3.63, 3.8) is 0 Å². The van der Waals surface area contributed by atoms with Gasteiger partial charge < -0.3 is 10.5 Å². The van der Waals surface area contributed by atoms with E-state index in [1.807, 2.05) is 51.1 Å². The summed E-state index contributed by atoms with van der Waals surface area (Å²) in [5.74, 6) is -1.04. The molecule has 1 amide bonds. The number of para-hydroxylation sites is 1. The number of nitrogens with zero attached hydrogens (tertiary/aromatic N) is 1. The van der Waals surface area contributed by atoms with Crippen molar-refractivity contribution in [2.24, 2.45) is 11.7 Å². The number of primary amides is 1. The molecule has 128 valence electrons. The number of carbonyl (C=O) groups is 2. The number of rotatable bonds is 7. The van der Waals surface area contributed by atoms with Gasteiger partial charge in [0.1, 0.15) is 0 Å². The Hall–Kier alpha value is -2.43. The zero-order chi connectivity index (χ0) is 17.7. The Morgan fingerprint density at radius 2 is 1.96 bits per heavy atom. The predicted octanol–water partition coefficient (Wildman–Crippen LogP) is 3.09. The topological polar surface area (TPSA) is 82.3 Å². The van der Waals surface area contributed by atoms with Crippen LogP contribution in [0.4, 0.5) is 0 Å². The highest BCUT2D eigenvalue weighted by Crippen LogP contribution is 2.28. The molecule has 1 aromatic carbocycles. The molecule has 2 N–H and O–H groups in total. The third kappa shape index (κ3) is 4.54. The number of carbonyl (C=O) groups excluding carboxylic acids is 2. The highest BCUT2D eigenvalue weighted by atomic mass is 16.5. The molecular weight excluding hydrogens is 304 g/mol. The van der Waals surface area contributed by atoms with Crippen LogP contribution >= 0.6 is 0 Å². The first-order valence-corrected chi connectivity index (χ1v) is 8.19. The Bertz CT molecular complexity index is 740. The van der Waals surface area contributed by atoms with Crippen LogP contribution in [0.1, 0.15) is 43.9 Å². The van der Waals surface area contributed by atoms with Crippen molar-refractivity contribution < 1.29 is 14.3 Å². The van der Waals surface area contributed by atoms with E-state index in [1.165, 1.54) is 0 Å². The van der Waals surface area contributed by atoms with Gasteiger partial charge in [0.2, 0.25) is 5.91 Å². The quantitative estimate of drug-likeness (QED) is 0.792. The number of fused-ring (bicyclic) bond motifs is 1. The Morgan fingerprint density at radius 1 is 1.25 bits per heavy atom. The fraction of sp³-hybridized carbons (Fsp3) is 0.421. The van der Waals surface area contributed by atoms with Gasteiger partial charge in [0.25, 0.3) is 0 Å². The Balaban J connectivity index is 2.36. The van der Waals surface area contributed by atoms with E-state index in [1.54, 1.807) is 0 Å². The van der Waals surface area contributed by atoms with Gasteiger partial charge in [-0.25, -0.2) is 0 Å². The van der Waals surface area contributed by atoms with E-state index in [0.717, 1.165) is 22.2 Å². The highest BCUT2D eigenvalue weighted by Gasteiger charge is 2.25. The lowest BCUT2D eigenvalue weighted by Gasteiger charge is -2.19. The van der Waals surface area contributed by atoms with Crippen molar-refractivity contribution in [1.29, 1.82) is 0 Å². The summed E-state index contributed by atoms with van der Waals surface area (Å²) < 4.78 is 5.40. The first kappa shape index (κ1) is 17.9. The van der Waals surface area contributed by atoms with Gasteiger partial charge in [-0.05, 0) is 37.0 Å². The van der Waals surface area contributed by atoms with Crippen molar-refractivity contribution >= 4 is 22.8 Å². The summed E-state index contributed by atoms with van der Waals surface area (Å²) in [6.45, 7) is 6.18. The van der Waals surface area contributed by atoms with Crippen molar-refractivity contribution in [3.8, 4) is 0 Å². The molecule has 0 aliphatic carbocycles. The molecule has 1 atom stereocenters. The number of aryl methyl sites for hydroxylation is 1. The number of nitrogens with two attached hydrogens (primary N) is 1. The number of benzene rings is 1. The second kappa shape index (κ2) is 7.90. The molecule has 2 rings (SSSR count). The molecule has 0 fully saturated rings. The predicted molar refractivity (Wildman–Crippen MR) is 93.4 cm³/mol. The first-order valence-electron chi connectivity index (χ1n) is 8.19. The van der Waals surface area contributed by atoms with Crippen LogP contribution < -0.4 is 5.73 Å². The lowest BCUT2D eigenvalue weighted by atomic mass is 9.92. The van der Waals surface area contributed by atoms with E-state index in [4.69, 9.17) is 10.5 Å². The molecular formula is C19H24N2O3. The van der Waals surface area contributed by atoms with Gasteiger partial charge in [-0.15, -0.1) is 0 Å². The second-order valence-electron chi connectivity index (χ2n) is 6.44. The number of aromatic nitrogens is 1. The van der Waals surface area contributed by atoms with Crippen molar-refractivity contribution in [1.82, 2.24) is 4.98 Å². The largest absolute Gasteiger partial charge is 0.465 e. The molecule has 1 heterocycles. The summed E-state index contributed by atoms with van der Waals surface area (Å²) in [6.07, 6.45) is 0.459. The molecule has 0 aliphatic heterocycles. The SMILES string of the molecule is Cc1nc2ccccc2cc1C(CCC(N)=O)C(=O)OCC(C)C. The van der Waals surface area contributed by atoms with Crippen LogP contribution in [0.15, 0.2) is 30.3 Å². The number of ether oxygens (including phenoxy) is 1. The van der Waals surface area contributed by atoms with E-state index in [2.05, 4.69) is 4.98 Å². The third-order valence-electron chi connectivity index (χ3n) is 3.85. The standard InChI is InChI=1S/C19H24N2O3/c1-12(2)11-24-19(23)15(8-9-18(20)22)16-10-14-6-4-5-7-17(14)21-13(16)3/h4-7,10,12,15H,8-9,11H2,1-3H3,(H2,20,22). The number of pyridine rings is 1. The van der Waals surface area contributed by atoms with Gasteiger partial charge in [-0.1, -0.05) is 32.0 Å². The van der Waals surface area contributed by atoms with E-state index in [0.29, 0.717) is 13.0 Å². The van der Waals surface area contributed by atoms with Gasteiger partial charge in [0, 0.05) is 17.5 Å². The molecule has 0 saturated heterocycles. The molecule has 0 spiro atoms. The molecule has 1 aromatic heterocycles. The van der Waals surface area contributed by atoms with Crippen LogP contribution in [-0.2, 0) is 14.3 Å². The molecule has 5 nitrogen and oxygen atoms in total. The lowest BCUT2D eigenvalue weighted by molar-refractivity contribution is -0.146. The molecule has 0 saturated carbocycles. The molecule has 0 bridgehead atoms. The van der Waals surface area contributed by atoms with Gasteiger partial charge in [-0.3, -0.25) is 14.6 Å². The van der Waals surface area contributed by atoms with E-state index in [9.17, 15) is 9.59 Å². The summed E-state index contributed by atoms with van der Waals surface area (Å²) >= 11 is 0. The van der Waals surface area contributed by atoms with Crippen LogP contribution in [0.5, 0.6) is 0 Å². The van der Waals surface area contributed by atoms with Crippen LogP contribution in [-0.4, -0.2) is 23.5 Å². The second-order valence-corrected chi connectivity index (χ2v) is 6.44. The van der Waals surface area contributed by atoms with Gasteiger partial charge in [0.05, 0.1) is 18.0 Å². The average molecular weight is 328 g/mol. The normalized spacial score (nSPS) is 12.3. The maximum atomic E-state index is 12.5. The van der Waals surface area contributed by atoms with E-state index < -0.39 is 11.8 Å². The molecule has 24 heavy (non-hydrogen) atoms. The summed E-state index contributed by atoms with van der Waals surface area (Å²) in [4.78, 5) is 28.3. The zero-order valence-corrected chi connectivity index (χ0v) is 14.4. The molecule has 0 radical (unpaired) electrons. The number of esters is 1. The number of hydrogen-bond acceptors (Lipinski definition) is 4. The minimum absolute atomic E-state index is 0.133. The molecule has 2 aromatic rings. The van der Waals surface area contributed by atoms with Crippen LogP contribution in [0.3, 0.4) is 0 Å². The average Bonchev–Trinajstić information content (AvgIpc) is 2.53. The van der Waals surface area contributed by atoms with E-state index in [-0.39, 0.29) is 18.3 Å². The monoisotopic (exact) mass is 328 g/mol. The summed E-state index contributed by atoms with van der Waals surface area (Å²) in [6, 6.07) is 9.70. The highest BCUT2D eigenvalue weighted by molar-refractivity contribution is 5.84. The first-order chi connectivity index (χ1) is 11.4. The van der Waals surface area contributed by atoms with Crippen LogP contribution in [0.2, 0.25) is 0 Å². The van der Waals surface area contributed by atoms with Crippen molar-refractivity contribution in [2.75, 3.05) is 6.61 Å². The maximum Gasteiger partial charge on any atom is 0.313 e. The fourth-order valence-electron chi connectivity index (χ4n) is 2.62. The molecule has 5 heteroatoms. The van der Waals surface area contributed by atoms with Crippen LogP contribution in [0, 0.1) is 12.8 Å². The number of hydrogen-bond donors (Lipinski definition) is 1. The Morgan fingerprint density at radius 3 is 2.62 bits per heavy atom. The Labute approximate surface area is 142 Å².